The van der Waals surface area contributed by atoms with Gasteiger partial charge in [0, 0.05) is 42.5 Å². The van der Waals surface area contributed by atoms with Gasteiger partial charge in [0.05, 0.1) is 5.56 Å². The number of rotatable bonds is 7. The zero-order chi connectivity index (χ0) is 23.6. The standard InChI is InChI=1S/C25H24F4N2O2/c1-16(19-14-31(15-19)12-11-26)30-24(32)18-5-10-22-17(13-18)3-2-4-23(22)33-21-8-6-20(7-9-21)25(27,28)29/h2-10,13,16,19H,11-12,14-15H2,1H3,(H,30,32)/t16-/m0/s1. The number of fused-ring (bicyclic) bond motifs is 1. The maximum absolute atomic E-state index is 12.8. The minimum absolute atomic E-state index is 0.0293. The van der Waals surface area contributed by atoms with E-state index < -0.39 is 11.7 Å². The maximum atomic E-state index is 12.8. The van der Waals surface area contributed by atoms with E-state index in [-0.39, 0.29) is 24.4 Å². The molecular formula is C25H24F4N2O2. The Bertz CT molecular complexity index is 1130. The molecule has 0 bridgehead atoms. The third-order valence-corrected chi connectivity index (χ3v) is 5.96. The fraction of sp³-hybridized carbons (Fsp3) is 0.320. The van der Waals surface area contributed by atoms with Crippen LogP contribution in [0.5, 0.6) is 11.5 Å². The summed E-state index contributed by atoms with van der Waals surface area (Å²) in [6.07, 6.45) is -4.40. The summed E-state index contributed by atoms with van der Waals surface area (Å²) in [5.41, 5.74) is -0.240. The number of nitrogens with zero attached hydrogens (tertiary/aromatic N) is 1. The van der Waals surface area contributed by atoms with Gasteiger partial charge in [-0.3, -0.25) is 9.69 Å². The van der Waals surface area contributed by atoms with Crippen molar-refractivity contribution in [2.75, 3.05) is 26.3 Å². The fourth-order valence-corrected chi connectivity index (χ4v) is 3.96. The number of nitrogens with one attached hydrogen (secondary N) is 1. The van der Waals surface area contributed by atoms with Gasteiger partial charge < -0.3 is 10.1 Å². The SMILES string of the molecule is C[C@H](NC(=O)c1ccc2c(Oc3ccc(C(F)(F)F)cc3)cccc2c1)C1CN(CCF)C1. The van der Waals surface area contributed by atoms with Crippen LogP contribution in [0.2, 0.25) is 0 Å². The van der Waals surface area contributed by atoms with Crippen LogP contribution in [-0.4, -0.2) is 43.2 Å². The first kappa shape index (κ1) is 23.0. The second kappa shape index (κ2) is 9.39. The highest BCUT2D eigenvalue weighted by Gasteiger charge is 2.32. The molecule has 3 aromatic carbocycles. The highest BCUT2D eigenvalue weighted by molar-refractivity contribution is 6.00. The van der Waals surface area contributed by atoms with E-state index in [1.54, 1.807) is 30.3 Å². The average Bonchev–Trinajstić information content (AvgIpc) is 2.75. The molecule has 1 N–H and O–H groups in total. The third kappa shape index (κ3) is 5.27. The first-order valence-corrected chi connectivity index (χ1v) is 10.7. The predicted octanol–water partition coefficient (Wildman–Crippen LogP) is 5.67. The van der Waals surface area contributed by atoms with Crippen LogP contribution in [0.4, 0.5) is 17.6 Å². The minimum Gasteiger partial charge on any atom is -0.457 e. The molecule has 4 rings (SSSR count). The lowest BCUT2D eigenvalue weighted by Crippen LogP contribution is -2.56. The molecule has 0 radical (unpaired) electrons. The van der Waals surface area contributed by atoms with Gasteiger partial charge in [0.1, 0.15) is 18.2 Å². The van der Waals surface area contributed by atoms with Crippen molar-refractivity contribution in [2.45, 2.75) is 19.1 Å². The van der Waals surface area contributed by atoms with Gasteiger partial charge in [0.15, 0.2) is 0 Å². The van der Waals surface area contributed by atoms with E-state index in [0.29, 0.717) is 23.8 Å². The summed E-state index contributed by atoms with van der Waals surface area (Å²) < 4.78 is 56.5. The van der Waals surface area contributed by atoms with Gasteiger partial charge in [-0.2, -0.15) is 13.2 Å². The molecule has 0 saturated carbocycles. The molecule has 174 valence electrons. The summed E-state index contributed by atoms with van der Waals surface area (Å²) in [7, 11) is 0. The summed E-state index contributed by atoms with van der Waals surface area (Å²) in [4.78, 5) is 14.7. The van der Waals surface area contributed by atoms with Gasteiger partial charge in [-0.1, -0.05) is 12.1 Å². The van der Waals surface area contributed by atoms with Gasteiger partial charge in [0.25, 0.3) is 5.91 Å². The normalized spacial score (nSPS) is 15.8. The summed E-state index contributed by atoms with van der Waals surface area (Å²) in [5.74, 6) is 0.871. The Hall–Kier alpha value is -3.13. The lowest BCUT2D eigenvalue weighted by molar-refractivity contribution is -0.137. The van der Waals surface area contributed by atoms with Gasteiger partial charge in [-0.15, -0.1) is 0 Å². The zero-order valence-electron chi connectivity index (χ0n) is 18.0. The van der Waals surface area contributed by atoms with E-state index in [0.717, 1.165) is 36.0 Å². The molecule has 1 aliphatic heterocycles. The molecule has 0 aromatic heterocycles. The van der Waals surface area contributed by atoms with Crippen LogP contribution in [0, 0.1) is 5.92 Å². The molecular weight excluding hydrogens is 436 g/mol. The molecule has 1 atom stereocenters. The number of likely N-dealkylation sites (tertiary alicyclic amines) is 1. The number of alkyl halides is 4. The highest BCUT2D eigenvalue weighted by Crippen LogP contribution is 2.34. The topological polar surface area (TPSA) is 41.6 Å². The van der Waals surface area contributed by atoms with Crippen LogP contribution in [0.25, 0.3) is 10.8 Å². The zero-order valence-corrected chi connectivity index (χ0v) is 18.0. The third-order valence-electron chi connectivity index (χ3n) is 5.96. The molecule has 1 amide bonds. The molecule has 0 spiro atoms. The number of carbonyl (C=O) groups excluding carboxylic acids is 1. The second-order valence-electron chi connectivity index (χ2n) is 8.29. The lowest BCUT2D eigenvalue weighted by atomic mass is 9.92. The van der Waals surface area contributed by atoms with Crippen LogP contribution in [-0.2, 0) is 6.18 Å². The number of amides is 1. The molecule has 1 aliphatic rings. The summed E-state index contributed by atoms with van der Waals surface area (Å²) in [6, 6.07) is 15.0. The Morgan fingerprint density at radius 3 is 2.52 bits per heavy atom. The number of carbonyl (C=O) groups is 1. The minimum atomic E-state index is -4.40. The van der Waals surface area contributed by atoms with E-state index in [1.807, 2.05) is 17.9 Å². The van der Waals surface area contributed by atoms with E-state index in [9.17, 15) is 22.4 Å². The van der Waals surface area contributed by atoms with Crippen LogP contribution in [0.3, 0.4) is 0 Å². The van der Waals surface area contributed by atoms with E-state index in [2.05, 4.69) is 5.32 Å². The molecule has 3 aromatic rings. The molecule has 1 saturated heterocycles. The van der Waals surface area contributed by atoms with Crippen LogP contribution >= 0.6 is 0 Å². The second-order valence-corrected chi connectivity index (χ2v) is 8.29. The van der Waals surface area contributed by atoms with Gasteiger partial charge in [-0.05, 0) is 60.8 Å². The van der Waals surface area contributed by atoms with Crippen molar-refractivity contribution in [3.8, 4) is 11.5 Å². The first-order valence-electron chi connectivity index (χ1n) is 10.7. The van der Waals surface area contributed by atoms with E-state index in [1.165, 1.54) is 12.1 Å². The van der Waals surface area contributed by atoms with Crippen LogP contribution in [0.1, 0.15) is 22.8 Å². The number of hydrogen-bond acceptors (Lipinski definition) is 3. The molecule has 4 nitrogen and oxygen atoms in total. The smallest absolute Gasteiger partial charge is 0.416 e. The Balaban J connectivity index is 1.45. The highest BCUT2D eigenvalue weighted by atomic mass is 19.4. The fourth-order valence-electron chi connectivity index (χ4n) is 3.96. The molecule has 1 heterocycles. The quantitative estimate of drug-likeness (QED) is 0.462. The molecule has 0 aliphatic carbocycles. The van der Waals surface area contributed by atoms with E-state index >= 15 is 0 Å². The van der Waals surface area contributed by atoms with Crippen molar-refractivity contribution in [1.29, 1.82) is 0 Å². The lowest BCUT2D eigenvalue weighted by Gasteiger charge is -2.42. The number of hydrogen-bond donors (Lipinski definition) is 1. The van der Waals surface area contributed by atoms with E-state index in [4.69, 9.17) is 4.74 Å². The average molecular weight is 460 g/mol. The summed E-state index contributed by atoms with van der Waals surface area (Å²) in [5, 5.41) is 4.53. The molecule has 0 unspecified atom stereocenters. The van der Waals surface area contributed by atoms with Gasteiger partial charge >= 0.3 is 6.18 Å². The molecule has 1 fully saturated rings. The Morgan fingerprint density at radius 2 is 1.85 bits per heavy atom. The Morgan fingerprint density at radius 1 is 1.12 bits per heavy atom. The monoisotopic (exact) mass is 460 g/mol. The van der Waals surface area contributed by atoms with Crippen molar-refractivity contribution >= 4 is 16.7 Å². The Labute approximate surface area is 189 Å². The molecule has 33 heavy (non-hydrogen) atoms. The van der Waals surface area contributed by atoms with Gasteiger partial charge in [-0.25, -0.2) is 4.39 Å². The van der Waals surface area contributed by atoms with Crippen LogP contribution < -0.4 is 10.1 Å². The predicted molar refractivity (Wildman–Crippen MR) is 118 cm³/mol. The number of ether oxygens (including phenoxy) is 1. The van der Waals surface area contributed by atoms with Crippen molar-refractivity contribution in [3.05, 3.63) is 71.8 Å². The summed E-state index contributed by atoms with van der Waals surface area (Å²) >= 11 is 0. The largest absolute Gasteiger partial charge is 0.457 e. The van der Waals surface area contributed by atoms with Crippen molar-refractivity contribution < 1.29 is 27.1 Å². The Kier molecular flexibility index (Phi) is 6.56. The van der Waals surface area contributed by atoms with Crippen molar-refractivity contribution in [3.63, 3.8) is 0 Å². The summed E-state index contributed by atoms with van der Waals surface area (Å²) in [6.45, 7) is 3.56. The van der Waals surface area contributed by atoms with Crippen molar-refractivity contribution in [2.24, 2.45) is 5.92 Å². The maximum Gasteiger partial charge on any atom is 0.416 e. The van der Waals surface area contributed by atoms with Gasteiger partial charge in [0.2, 0.25) is 0 Å². The number of halogens is 4. The number of benzene rings is 3. The molecule has 8 heteroatoms. The van der Waals surface area contributed by atoms with Crippen LogP contribution in [0.15, 0.2) is 60.7 Å². The van der Waals surface area contributed by atoms with Crippen molar-refractivity contribution in [1.82, 2.24) is 10.2 Å². The first-order chi connectivity index (χ1) is 15.7.